The molecule has 0 fully saturated rings. The smallest absolute Gasteiger partial charge is 0.319 e. The maximum Gasteiger partial charge on any atom is 0.319 e. The van der Waals surface area contributed by atoms with E-state index in [1.807, 2.05) is 60.7 Å². The predicted molar refractivity (Wildman–Crippen MR) is 130 cm³/mol. The Balaban J connectivity index is 1.41. The number of methoxy groups -OCH3 is 2. The van der Waals surface area contributed by atoms with Crippen LogP contribution in [0.3, 0.4) is 0 Å². The third-order valence-corrected chi connectivity index (χ3v) is 6.53. The Labute approximate surface area is 197 Å². The van der Waals surface area contributed by atoms with Crippen LogP contribution in [-0.2, 0) is 6.42 Å². The number of ether oxygens (including phenoxy) is 2. The molecule has 7 nitrogen and oxygen atoms in total. The number of amides is 3. The van der Waals surface area contributed by atoms with Crippen LogP contribution < -0.4 is 25.0 Å². The van der Waals surface area contributed by atoms with E-state index < -0.39 is 0 Å². The molecule has 0 aromatic heterocycles. The van der Waals surface area contributed by atoms with Crippen molar-refractivity contribution >= 4 is 35.1 Å². The number of benzene rings is 3. The van der Waals surface area contributed by atoms with Crippen molar-refractivity contribution < 1.29 is 19.1 Å². The summed E-state index contributed by atoms with van der Waals surface area (Å²) < 4.78 is 10.7. The summed E-state index contributed by atoms with van der Waals surface area (Å²) in [5.41, 5.74) is 2.97. The lowest BCUT2D eigenvalue weighted by Crippen LogP contribution is -2.30. The number of fused-ring (bicyclic) bond motifs is 2. The fourth-order valence-corrected chi connectivity index (χ4v) is 4.73. The van der Waals surface area contributed by atoms with Crippen molar-refractivity contribution in [1.29, 1.82) is 0 Å². The van der Waals surface area contributed by atoms with Crippen molar-refractivity contribution in [1.82, 2.24) is 5.32 Å². The second-order valence-electron chi connectivity index (χ2n) is 7.45. The largest absolute Gasteiger partial charge is 0.497 e. The van der Waals surface area contributed by atoms with Crippen LogP contribution in [0, 0.1) is 0 Å². The summed E-state index contributed by atoms with van der Waals surface area (Å²) in [6, 6.07) is 18.4. The first-order valence-electron chi connectivity index (χ1n) is 10.4. The number of nitrogens with one attached hydrogen (secondary N) is 2. The molecule has 0 saturated heterocycles. The summed E-state index contributed by atoms with van der Waals surface area (Å²) in [7, 11) is 4.97. The summed E-state index contributed by atoms with van der Waals surface area (Å²) in [4.78, 5) is 28.9. The van der Waals surface area contributed by atoms with E-state index in [1.165, 1.54) is 0 Å². The minimum absolute atomic E-state index is 0.0781. The van der Waals surface area contributed by atoms with E-state index in [0.717, 1.165) is 32.5 Å². The van der Waals surface area contributed by atoms with E-state index in [2.05, 4.69) is 10.6 Å². The molecule has 0 atom stereocenters. The Morgan fingerprint density at radius 2 is 1.82 bits per heavy atom. The third kappa shape index (κ3) is 4.90. The molecule has 170 valence electrons. The normalized spacial score (nSPS) is 12.3. The Morgan fingerprint density at radius 1 is 1.00 bits per heavy atom. The molecule has 0 radical (unpaired) electrons. The number of hydrogen-bond donors (Lipinski definition) is 2. The van der Waals surface area contributed by atoms with E-state index in [1.54, 1.807) is 37.9 Å². The van der Waals surface area contributed by atoms with Gasteiger partial charge in [0, 0.05) is 29.1 Å². The molecule has 8 heteroatoms. The summed E-state index contributed by atoms with van der Waals surface area (Å²) in [6.45, 7) is 0.420. The summed E-state index contributed by atoms with van der Waals surface area (Å²) in [5.74, 6) is 1.40. The second kappa shape index (κ2) is 9.87. The first kappa shape index (κ1) is 22.5. The molecule has 0 unspecified atom stereocenters. The van der Waals surface area contributed by atoms with Gasteiger partial charge in [0.25, 0.3) is 5.91 Å². The van der Waals surface area contributed by atoms with Crippen LogP contribution in [0.25, 0.3) is 0 Å². The van der Waals surface area contributed by atoms with E-state index in [0.29, 0.717) is 24.2 Å². The minimum atomic E-state index is -0.324. The van der Waals surface area contributed by atoms with E-state index in [9.17, 15) is 9.59 Å². The van der Waals surface area contributed by atoms with Gasteiger partial charge in [0.1, 0.15) is 11.5 Å². The molecule has 0 spiro atoms. The third-order valence-electron chi connectivity index (χ3n) is 5.39. The van der Waals surface area contributed by atoms with Gasteiger partial charge in [-0.3, -0.25) is 4.79 Å². The van der Waals surface area contributed by atoms with Crippen LogP contribution in [0.2, 0.25) is 0 Å². The van der Waals surface area contributed by atoms with E-state index in [4.69, 9.17) is 9.47 Å². The maximum atomic E-state index is 12.9. The monoisotopic (exact) mass is 463 g/mol. The minimum Gasteiger partial charge on any atom is -0.497 e. The topological polar surface area (TPSA) is 79.9 Å². The first-order chi connectivity index (χ1) is 16.0. The van der Waals surface area contributed by atoms with Gasteiger partial charge in [-0.05, 0) is 60.5 Å². The highest BCUT2D eigenvalue weighted by molar-refractivity contribution is 7.99. The predicted octanol–water partition coefficient (Wildman–Crippen LogP) is 4.81. The lowest BCUT2D eigenvalue weighted by molar-refractivity contribution is 0.0990. The highest BCUT2D eigenvalue weighted by Crippen LogP contribution is 2.41. The van der Waals surface area contributed by atoms with Crippen molar-refractivity contribution in [3.8, 4) is 11.5 Å². The Kier molecular flexibility index (Phi) is 6.74. The molecule has 33 heavy (non-hydrogen) atoms. The highest BCUT2D eigenvalue weighted by Gasteiger charge is 2.24. The van der Waals surface area contributed by atoms with Gasteiger partial charge in [0.05, 0.1) is 25.5 Å². The van der Waals surface area contributed by atoms with Gasteiger partial charge in [-0.25, -0.2) is 4.79 Å². The summed E-state index contributed by atoms with van der Waals surface area (Å²) >= 11 is 1.54. The molecular weight excluding hydrogens is 438 g/mol. The Hall–Kier alpha value is -3.65. The molecule has 0 bridgehead atoms. The molecule has 2 N–H and O–H groups in total. The van der Waals surface area contributed by atoms with Gasteiger partial charge < -0.3 is 25.0 Å². The van der Waals surface area contributed by atoms with Crippen LogP contribution in [0.5, 0.6) is 11.5 Å². The number of nitrogens with zero attached hydrogens (tertiary/aromatic N) is 1. The average Bonchev–Trinajstić information content (AvgIpc) is 2.93. The van der Waals surface area contributed by atoms with E-state index in [-0.39, 0.29) is 11.9 Å². The fourth-order valence-electron chi connectivity index (χ4n) is 3.65. The van der Waals surface area contributed by atoms with Gasteiger partial charge >= 0.3 is 6.03 Å². The zero-order valence-corrected chi connectivity index (χ0v) is 19.5. The van der Waals surface area contributed by atoms with Crippen LogP contribution in [0.1, 0.15) is 15.9 Å². The summed E-state index contributed by atoms with van der Waals surface area (Å²) in [5, 5.41) is 5.72. The number of carbonyl (C=O) groups excluding carboxylic acids is 2. The molecule has 1 aliphatic heterocycles. The molecule has 3 aromatic carbocycles. The molecular formula is C25H25N3O4S. The number of rotatable bonds is 6. The van der Waals surface area contributed by atoms with Gasteiger partial charge in [-0.2, -0.15) is 0 Å². The van der Waals surface area contributed by atoms with Crippen LogP contribution in [0.4, 0.5) is 16.2 Å². The maximum absolute atomic E-state index is 12.9. The molecule has 3 amide bonds. The molecule has 1 aliphatic rings. The van der Waals surface area contributed by atoms with Crippen LogP contribution >= 0.6 is 11.8 Å². The highest BCUT2D eigenvalue weighted by atomic mass is 32.2. The van der Waals surface area contributed by atoms with Crippen molar-refractivity contribution in [3.05, 3.63) is 71.8 Å². The zero-order chi connectivity index (χ0) is 23.4. The Morgan fingerprint density at radius 3 is 2.61 bits per heavy atom. The number of hydrogen-bond acceptors (Lipinski definition) is 5. The molecule has 3 aromatic rings. The fraction of sp³-hybridized carbons (Fsp3) is 0.200. The van der Waals surface area contributed by atoms with Gasteiger partial charge in [-0.1, -0.05) is 23.9 Å². The number of carbonyl (C=O) groups is 2. The van der Waals surface area contributed by atoms with Gasteiger partial charge in [-0.15, -0.1) is 0 Å². The van der Waals surface area contributed by atoms with Gasteiger partial charge in [0.15, 0.2) is 0 Å². The summed E-state index contributed by atoms with van der Waals surface area (Å²) in [6.07, 6.45) is 0.587. The number of anilines is 2. The van der Waals surface area contributed by atoms with Gasteiger partial charge in [0.2, 0.25) is 0 Å². The molecule has 4 rings (SSSR count). The molecule has 1 heterocycles. The quantitative estimate of drug-likeness (QED) is 0.549. The Bertz CT molecular complexity index is 1200. The lowest BCUT2D eigenvalue weighted by atomic mass is 10.1. The van der Waals surface area contributed by atoms with Crippen molar-refractivity contribution in [2.24, 2.45) is 0 Å². The second-order valence-corrected chi connectivity index (χ2v) is 8.54. The first-order valence-corrected chi connectivity index (χ1v) is 11.3. The molecule has 0 aliphatic carbocycles. The SMILES string of the molecule is COc1ccc(OC)c(CCNC(=O)Nc2ccc3c(c2)N(C)C(=O)c2ccccc2S3)c1. The van der Waals surface area contributed by atoms with Crippen molar-refractivity contribution in [2.75, 3.05) is 38.0 Å². The van der Waals surface area contributed by atoms with E-state index >= 15 is 0 Å². The molecule has 0 saturated carbocycles. The number of urea groups is 1. The standard InChI is InChI=1S/C25H25N3O4S/c1-28-20-15-17(8-11-23(20)33-22-7-5-4-6-19(22)24(28)29)27-25(30)26-13-12-16-14-18(31-2)9-10-21(16)32-3/h4-11,14-15H,12-13H2,1-3H3,(H2,26,27,30). The van der Waals surface area contributed by atoms with Crippen LogP contribution in [0.15, 0.2) is 70.5 Å². The zero-order valence-electron chi connectivity index (χ0n) is 18.7. The average molecular weight is 464 g/mol. The van der Waals surface area contributed by atoms with Crippen molar-refractivity contribution in [2.45, 2.75) is 16.2 Å². The lowest BCUT2D eigenvalue weighted by Gasteiger charge is -2.18. The van der Waals surface area contributed by atoms with Crippen molar-refractivity contribution in [3.63, 3.8) is 0 Å². The van der Waals surface area contributed by atoms with Crippen LogP contribution in [-0.4, -0.2) is 39.8 Å².